The van der Waals surface area contributed by atoms with Crippen LogP contribution in [0.2, 0.25) is 0 Å². The molecule has 2 atom stereocenters. The van der Waals surface area contributed by atoms with Crippen molar-refractivity contribution in [3.05, 3.63) is 95.6 Å². The standard InChI is InChI=1S/C65H106N3O6P/c1-9-11-13-15-17-19-21-23-25-27-29-31-33-38-52-67(64(69)42-37-32-30-28-26-24-22-20-18-16-14-12-10-2)54-63(74-75(73-53-39-51-66)68(56(3)4)57(5)6)55-72-65(58-40-35-34-36-41-58,59-43-47-61(70-7)48-44-59)60-45-49-62(71-8)50-46-60/h34-36,40-41,43-50,56-57,63H,9-33,37-39,42,52-55H2,1-8H3/t63-,75?/m1/s1. The van der Waals surface area contributed by atoms with Crippen molar-refractivity contribution in [3.63, 3.8) is 0 Å². The lowest BCUT2D eigenvalue weighted by molar-refractivity contribution is -0.133. The van der Waals surface area contributed by atoms with Gasteiger partial charge in [-0.1, -0.05) is 229 Å². The number of hydrogen-bond donors (Lipinski definition) is 0. The number of ether oxygens (including phenoxy) is 3. The third-order valence-corrected chi connectivity index (χ3v) is 16.8. The highest BCUT2D eigenvalue weighted by Gasteiger charge is 2.40. The molecule has 0 N–H and O–H groups in total. The lowest BCUT2D eigenvalue weighted by atomic mass is 9.80. The van der Waals surface area contributed by atoms with Gasteiger partial charge in [-0.2, -0.15) is 5.26 Å². The van der Waals surface area contributed by atoms with Crippen LogP contribution in [-0.4, -0.2) is 74.2 Å². The van der Waals surface area contributed by atoms with Gasteiger partial charge < -0.3 is 28.2 Å². The summed E-state index contributed by atoms with van der Waals surface area (Å²) in [5.74, 6) is 1.68. The van der Waals surface area contributed by atoms with Gasteiger partial charge in [0.15, 0.2) is 0 Å². The third-order valence-electron chi connectivity index (χ3n) is 14.6. The Balaban J connectivity index is 1.93. The van der Waals surface area contributed by atoms with Crippen molar-refractivity contribution >= 4 is 14.4 Å². The molecule has 0 saturated heterocycles. The Morgan fingerprint density at radius 2 is 0.960 bits per heavy atom. The van der Waals surface area contributed by atoms with Gasteiger partial charge in [0, 0.05) is 31.6 Å². The Hall–Kier alpha value is -3.51. The highest BCUT2D eigenvalue weighted by Crippen LogP contribution is 2.48. The fourth-order valence-electron chi connectivity index (χ4n) is 10.3. The number of nitrogens with zero attached hydrogens (tertiary/aromatic N) is 3. The summed E-state index contributed by atoms with van der Waals surface area (Å²) in [5, 5.41) is 9.62. The fourth-order valence-corrected chi connectivity index (χ4v) is 12.0. The molecule has 75 heavy (non-hydrogen) atoms. The minimum absolute atomic E-state index is 0.102. The Kier molecular flexibility index (Phi) is 36.5. The van der Waals surface area contributed by atoms with Gasteiger partial charge in [0.05, 0.1) is 39.9 Å². The van der Waals surface area contributed by atoms with Crippen molar-refractivity contribution in [1.82, 2.24) is 9.57 Å². The topological polar surface area (TPSA) is 93.5 Å². The summed E-state index contributed by atoms with van der Waals surface area (Å²) in [4.78, 5) is 16.8. The van der Waals surface area contributed by atoms with E-state index >= 15 is 0 Å². The average molecular weight is 1060 g/mol. The number of amides is 1. The van der Waals surface area contributed by atoms with Crippen molar-refractivity contribution in [1.29, 1.82) is 5.26 Å². The van der Waals surface area contributed by atoms with E-state index in [-0.39, 0.29) is 37.6 Å². The summed E-state index contributed by atoms with van der Waals surface area (Å²) in [6.07, 6.45) is 34.7. The van der Waals surface area contributed by atoms with Gasteiger partial charge in [-0.3, -0.25) is 4.79 Å². The summed E-state index contributed by atoms with van der Waals surface area (Å²) in [7, 11) is 1.71. The summed E-state index contributed by atoms with van der Waals surface area (Å²) in [5.41, 5.74) is 1.72. The van der Waals surface area contributed by atoms with Crippen LogP contribution in [0, 0.1) is 11.3 Å². The van der Waals surface area contributed by atoms with E-state index in [1.54, 1.807) is 14.2 Å². The van der Waals surface area contributed by atoms with Gasteiger partial charge >= 0.3 is 0 Å². The van der Waals surface area contributed by atoms with E-state index in [1.807, 2.05) is 42.5 Å². The van der Waals surface area contributed by atoms with E-state index < -0.39 is 20.2 Å². The summed E-state index contributed by atoms with van der Waals surface area (Å²) < 4.78 is 35.0. The van der Waals surface area contributed by atoms with Crippen LogP contribution in [0.15, 0.2) is 78.9 Å². The van der Waals surface area contributed by atoms with Crippen LogP contribution in [0.1, 0.15) is 244 Å². The van der Waals surface area contributed by atoms with E-state index in [0.29, 0.717) is 19.5 Å². The second-order valence-electron chi connectivity index (χ2n) is 21.5. The maximum Gasteiger partial charge on any atom is 0.259 e. The number of benzene rings is 3. The molecule has 0 saturated carbocycles. The molecular weight excluding hydrogens is 950 g/mol. The number of rotatable bonds is 47. The molecule has 0 radical (unpaired) electrons. The van der Waals surface area contributed by atoms with E-state index in [9.17, 15) is 10.1 Å². The first-order valence-electron chi connectivity index (χ1n) is 30.2. The highest BCUT2D eigenvalue weighted by molar-refractivity contribution is 7.44. The molecule has 0 heterocycles. The molecule has 0 aromatic heterocycles. The van der Waals surface area contributed by atoms with Crippen LogP contribution in [0.25, 0.3) is 0 Å². The van der Waals surface area contributed by atoms with Crippen LogP contribution in [0.5, 0.6) is 11.5 Å². The molecule has 0 aliphatic carbocycles. The predicted octanol–water partition coefficient (Wildman–Crippen LogP) is 18.5. The number of nitriles is 1. The Labute approximate surface area is 460 Å². The second kappa shape index (κ2) is 41.6. The first-order valence-corrected chi connectivity index (χ1v) is 31.3. The van der Waals surface area contributed by atoms with Gasteiger partial charge in [0.1, 0.15) is 23.2 Å². The third kappa shape index (κ3) is 26.1. The number of carbonyl (C=O) groups excluding carboxylic acids is 1. The zero-order chi connectivity index (χ0) is 54.2. The monoisotopic (exact) mass is 1060 g/mol. The molecule has 0 spiro atoms. The van der Waals surface area contributed by atoms with Gasteiger partial charge in [-0.05, 0) is 81.5 Å². The van der Waals surface area contributed by atoms with Gasteiger partial charge in [-0.25, -0.2) is 4.67 Å². The zero-order valence-corrected chi connectivity index (χ0v) is 49.7. The fraction of sp³-hybridized carbons (Fsp3) is 0.692. The van der Waals surface area contributed by atoms with Crippen molar-refractivity contribution in [2.45, 2.75) is 252 Å². The molecule has 3 rings (SSSR count). The molecule has 1 amide bonds. The van der Waals surface area contributed by atoms with Crippen molar-refractivity contribution in [2.75, 3.05) is 40.5 Å². The Bertz CT molecular complexity index is 1820. The van der Waals surface area contributed by atoms with E-state index in [2.05, 4.69) is 93.6 Å². The molecule has 0 fully saturated rings. The lowest BCUT2D eigenvalue weighted by Gasteiger charge is -2.40. The first kappa shape index (κ1) is 65.8. The molecule has 3 aromatic rings. The summed E-state index contributed by atoms with van der Waals surface area (Å²) in [6, 6.07) is 29.0. The van der Waals surface area contributed by atoms with Crippen LogP contribution in [0.3, 0.4) is 0 Å². The Morgan fingerprint density at radius 1 is 0.560 bits per heavy atom. The molecule has 3 aromatic carbocycles. The largest absolute Gasteiger partial charge is 0.497 e. The van der Waals surface area contributed by atoms with E-state index in [0.717, 1.165) is 53.9 Å². The molecule has 0 aliphatic rings. The smallest absolute Gasteiger partial charge is 0.259 e. The van der Waals surface area contributed by atoms with Crippen molar-refractivity contribution in [2.24, 2.45) is 0 Å². The molecule has 1 unspecified atom stereocenters. The van der Waals surface area contributed by atoms with E-state index in [1.165, 1.54) is 148 Å². The maximum absolute atomic E-state index is 14.7. The van der Waals surface area contributed by atoms with Gasteiger partial charge in [0.2, 0.25) is 5.91 Å². The van der Waals surface area contributed by atoms with Crippen LogP contribution in [-0.2, 0) is 24.2 Å². The van der Waals surface area contributed by atoms with Gasteiger partial charge in [0.25, 0.3) is 8.53 Å². The average Bonchev–Trinajstić information content (AvgIpc) is 3.42. The SMILES string of the molecule is CCCCCCCCCCCCCCCCN(C[C@H](COC(c1ccccc1)(c1ccc(OC)cc1)c1ccc(OC)cc1)OP(OCCC#N)N(C(C)C)C(C)C)C(=O)CCCCCCCCCCCCCCC. The number of carbonyl (C=O) groups is 1. The zero-order valence-electron chi connectivity index (χ0n) is 48.8. The number of methoxy groups -OCH3 is 2. The molecule has 0 bridgehead atoms. The van der Waals surface area contributed by atoms with Crippen molar-refractivity contribution < 1.29 is 28.1 Å². The first-order chi connectivity index (χ1) is 36.6. The molecular formula is C65H106N3O6P. The van der Waals surface area contributed by atoms with Crippen LogP contribution < -0.4 is 9.47 Å². The maximum atomic E-state index is 14.7. The van der Waals surface area contributed by atoms with E-state index in [4.69, 9.17) is 23.3 Å². The molecule has 9 nitrogen and oxygen atoms in total. The minimum Gasteiger partial charge on any atom is -0.497 e. The summed E-state index contributed by atoms with van der Waals surface area (Å²) in [6.45, 7) is 14.6. The molecule has 10 heteroatoms. The molecule has 422 valence electrons. The minimum atomic E-state index is -1.66. The normalized spacial score (nSPS) is 12.6. The van der Waals surface area contributed by atoms with Crippen LogP contribution in [0.4, 0.5) is 0 Å². The number of unbranched alkanes of at least 4 members (excludes halogenated alkanes) is 25. The van der Waals surface area contributed by atoms with Crippen molar-refractivity contribution in [3.8, 4) is 17.6 Å². The second-order valence-corrected chi connectivity index (χ2v) is 22.9. The molecule has 0 aliphatic heterocycles. The van der Waals surface area contributed by atoms with Crippen LogP contribution >= 0.6 is 8.53 Å². The predicted molar refractivity (Wildman–Crippen MR) is 316 cm³/mol. The van der Waals surface area contributed by atoms with Gasteiger partial charge in [-0.15, -0.1) is 0 Å². The highest BCUT2D eigenvalue weighted by atomic mass is 31.2. The lowest BCUT2D eigenvalue weighted by Crippen LogP contribution is -2.44. The summed E-state index contributed by atoms with van der Waals surface area (Å²) >= 11 is 0. The quantitative estimate of drug-likeness (QED) is 0.0314. The number of hydrogen-bond acceptors (Lipinski definition) is 8. The Morgan fingerprint density at radius 3 is 1.36 bits per heavy atom.